The second-order valence-electron chi connectivity index (χ2n) is 4.29. The summed E-state index contributed by atoms with van der Waals surface area (Å²) in [5.74, 6) is 1.29. The van der Waals surface area contributed by atoms with E-state index in [4.69, 9.17) is 4.52 Å². The largest absolute Gasteiger partial charge is 0.434 e. The van der Waals surface area contributed by atoms with Gasteiger partial charge in [-0.2, -0.15) is 13.8 Å². The van der Waals surface area contributed by atoms with Crippen molar-refractivity contribution in [3.05, 3.63) is 40.0 Å². The maximum absolute atomic E-state index is 12.3. The minimum absolute atomic E-state index is 0.161. The van der Waals surface area contributed by atoms with Gasteiger partial charge >= 0.3 is 6.61 Å². The van der Waals surface area contributed by atoms with Gasteiger partial charge in [0.1, 0.15) is 5.75 Å². The van der Waals surface area contributed by atoms with Crippen LogP contribution in [0.3, 0.4) is 0 Å². The standard InChI is InChI=1S/C13H14BrF2N3O2/c1-8-18-12(21-19-8)4-5-17-7-9-6-10(14)2-3-11(9)20-13(15)16/h2-3,6,13,17H,4-5,7H2,1H3. The fraction of sp³-hybridized carbons (Fsp3) is 0.385. The molecule has 0 aliphatic heterocycles. The summed E-state index contributed by atoms with van der Waals surface area (Å²) in [5.41, 5.74) is 0.645. The smallest absolute Gasteiger partial charge is 0.387 e. The van der Waals surface area contributed by atoms with E-state index in [1.54, 1.807) is 19.1 Å². The summed E-state index contributed by atoms with van der Waals surface area (Å²) in [4.78, 5) is 4.08. The second kappa shape index (κ2) is 7.46. The van der Waals surface area contributed by atoms with Gasteiger partial charge in [-0.05, 0) is 25.1 Å². The number of rotatable bonds is 7. The molecule has 0 aliphatic rings. The lowest BCUT2D eigenvalue weighted by molar-refractivity contribution is -0.0505. The lowest BCUT2D eigenvalue weighted by Crippen LogP contribution is -2.18. The molecule has 0 unspecified atom stereocenters. The number of hydrogen-bond acceptors (Lipinski definition) is 5. The van der Waals surface area contributed by atoms with Crippen LogP contribution in [0.25, 0.3) is 0 Å². The first-order chi connectivity index (χ1) is 10.0. The molecule has 0 aliphatic carbocycles. The van der Waals surface area contributed by atoms with Crippen molar-refractivity contribution in [3.8, 4) is 5.75 Å². The number of nitrogens with zero attached hydrogens (tertiary/aromatic N) is 2. The molecule has 1 heterocycles. The number of hydrogen-bond donors (Lipinski definition) is 1. The maximum atomic E-state index is 12.3. The minimum Gasteiger partial charge on any atom is -0.434 e. The first kappa shape index (κ1) is 15.8. The summed E-state index contributed by atoms with van der Waals surface area (Å²) in [6, 6.07) is 4.90. The van der Waals surface area contributed by atoms with Crippen LogP contribution >= 0.6 is 15.9 Å². The number of alkyl halides is 2. The van der Waals surface area contributed by atoms with E-state index >= 15 is 0 Å². The zero-order valence-corrected chi connectivity index (χ0v) is 12.9. The minimum atomic E-state index is -2.84. The Bertz CT molecular complexity index is 593. The van der Waals surface area contributed by atoms with Crippen molar-refractivity contribution in [2.24, 2.45) is 0 Å². The molecule has 1 N–H and O–H groups in total. The van der Waals surface area contributed by atoms with Gasteiger partial charge in [-0.15, -0.1) is 0 Å². The quantitative estimate of drug-likeness (QED) is 0.768. The van der Waals surface area contributed by atoms with E-state index < -0.39 is 6.61 Å². The molecule has 0 radical (unpaired) electrons. The molecule has 0 fully saturated rings. The first-order valence-electron chi connectivity index (χ1n) is 6.28. The van der Waals surface area contributed by atoms with Crippen LogP contribution in [-0.4, -0.2) is 23.3 Å². The summed E-state index contributed by atoms with van der Waals surface area (Å²) in [7, 11) is 0. The molecular weight excluding hydrogens is 348 g/mol. The van der Waals surface area contributed by atoms with Crippen LogP contribution in [0.15, 0.2) is 27.2 Å². The highest BCUT2D eigenvalue weighted by atomic mass is 79.9. The van der Waals surface area contributed by atoms with Crippen LogP contribution in [0, 0.1) is 6.92 Å². The third kappa shape index (κ3) is 5.05. The zero-order valence-electron chi connectivity index (χ0n) is 11.3. The normalized spacial score (nSPS) is 11.1. The van der Waals surface area contributed by atoms with Gasteiger partial charge in [0.15, 0.2) is 5.82 Å². The number of ether oxygens (including phenoxy) is 1. The van der Waals surface area contributed by atoms with Crippen molar-refractivity contribution in [2.45, 2.75) is 26.5 Å². The lowest BCUT2D eigenvalue weighted by Gasteiger charge is -2.11. The molecule has 0 bridgehead atoms. The Morgan fingerprint density at radius 1 is 1.43 bits per heavy atom. The molecule has 0 saturated heterocycles. The van der Waals surface area contributed by atoms with E-state index in [2.05, 4.69) is 36.1 Å². The van der Waals surface area contributed by atoms with Crippen LogP contribution in [-0.2, 0) is 13.0 Å². The number of benzene rings is 1. The molecule has 0 saturated carbocycles. The zero-order chi connectivity index (χ0) is 15.2. The van der Waals surface area contributed by atoms with Crippen molar-refractivity contribution >= 4 is 15.9 Å². The highest BCUT2D eigenvalue weighted by Crippen LogP contribution is 2.24. The Hall–Kier alpha value is -1.54. The fourth-order valence-electron chi connectivity index (χ4n) is 1.76. The van der Waals surface area contributed by atoms with Crippen LogP contribution < -0.4 is 10.1 Å². The third-order valence-electron chi connectivity index (χ3n) is 2.64. The summed E-state index contributed by atoms with van der Waals surface area (Å²) >= 11 is 3.31. The number of aromatic nitrogens is 2. The highest BCUT2D eigenvalue weighted by Gasteiger charge is 2.10. The number of aryl methyl sites for hydroxylation is 1. The Labute approximate surface area is 128 Å². The third-order valence-corrected chi connectivity index (χ3v) is 3.13. The maximum Gasteiger partial charge on any atom is 0.387 e. The van der Waals surface area contributed by atoms with Gasteiger partial charge in [0.25, 0.3) is 0 Å². The average Bonchev–Trinajstić information content (AvgIpc) is 2.83. The van der Waals surface area contributed by atoms with E-state index in [0.717, 1.165) is 4.47 Å². The first-order valence-corrected chi connectivity index (χ1v) is 7.07. The van der Waals surface area contributed by atoms with Gasteiger partial charge < -0.3 is 14.6 Å². The molecule has 1 aromatic carbocycles. The van der Waals surface area contributed by atoms with E-state index in [1.807, 2.05) is 0 Å². The Morgan fingerprint density at radius 3 is 2.90 bits per heavy atom. The fourth-order valence-corrected chi connectivity index (χ4v) is 2.17. The lowest BCUT2D eigenvalue weighted by atomic mass is 10.2. The predicted octanol–water partition coefficient (Wildman–Crippen LogP) is 3.07. The molecule has 0 spiro atoms. The number of nitrogens with one attached hydrogen (secondary N) is 1. The summed E-state index contributed by atoms with van der Waals surface area (Å²) in [6.07, 6.45) is 0.569. The Balaban J connectivity index is 1.88. The highest BCUT2D eigenvalue weighted by molar-refractivity contribution is 9.10. The molecule has 0 atom stereocenters. The van der Waals surface area contributed by atoms with E-state index in [1.165, 1.54) is 6.07 Å². The SMILES string of the molecule is Cc1noc(CCNCc2cc(Br)ccc2OC(F)F)n1. The molecule has 5 nitrogen and oxygen atoms in total. The molecular formula is C13H14BrF2N3O2. The Kier molecular flexibility index (Phi) is 5.63. The van der Waals surface area contributed by atoms with Gasteiger partial charge in [-0.1, -0.05) is 21.1 Å². The molecule has 114 valence electrons. The van der Waals surface area contributed by atoms with Crippen LogP contribution in [0.2, 0.25) is 0 Å². The van der Waals surface area contributed by atoms with Crippen LogP contribution in [0.4, 0.5) is 8.78 Å². The van der Waals surface area contributed by atoms with Crippen molar-refractivity contribution in [2.75, 3.05) is 6.54 Å². The van der Waals surface area contributed by atoms with E-state index in [9.17, 15) is 8.78 Å². The molecule has 2 rings (SSSR count). The van der Waals surface area contributed by atoms with Crippen molar-refractivity contribution in [1.29, 1.82) is 0 Å². The van der Waals surface area contributed by atoms with Crippen molar-refractivity contribution < 1.29 is 18.0 Å². The summed E-state index contributed by atoms with van der Waals surface area (Å²) in [5, 5.41) is 6.82. The van der Waals surface area contributed by atoms with Gasteiger partial charge in [0.2, 0.25) is 5.89 Å². The van der Waals surface area contributed by atoms with Gasteiger partial charge in [0.05, 0.1) is 0 Å². The molecule has 2 aromatic rings. The van der Waals surface area contributed by atoms with Gasteiger partial charge in [-0.3, -0.25) is 0 Å². The second-order valence-corrected chi connectivity index (χ2v) is 5.21. The molecule has 0 amide bonds. The number of halogens is 3. The monoisotopic (exact) mass is 361 g/mol. The van der Waals surface area contributed by atoms with Crippen LogP contribution in [0.5, 0.6) is 5.75 Å². The molecule has 1 aromatic heterocycles. The van der Waals surface area contributed by atoms with Gasteiger partial charge in [0, 0.05) is 29.5 Å². The van der Waals surface area contributed by atoms with Crippen molar-refractivity contribution in [1.82, 2.24) is 15.5 Å². The topological polar surface area (TPSA) is 60.2 Å². The van der Waals surface area contributed by atoms with E-state index in [-0.39, 0.29) is 5.75 Å². The molecule has 21 heavy (non-hydrogen) atoms. The van der Waals surface area contributed by atoms with E-state index in [0.29, 0.717) is 36.8 Å². The predicted molar refractivity (Wildman–Crippen MR) is 75.2 cm³/mol. The average molecular weight is 362 g/mol. The van der Waals surface area contributed by atoms with Crippen molar-refractivity contribution in [3.63, 3.8) is 0 Å². The van der Waals surface area contributed by atoms with Crippen LogP contribution in [0.1, 0.15) is 17.3 Å². The molecule has 8 heteroatoms. The summed E-state index contributed by atoms with van der Waals surface area (Å²) in [6.45, 7) is -0.112. The Morgan fingerprint density at radius 2 is 2.24 bits per heavy atom. The summed E-state index contributed by atoms with van der Waals surface area (Å²) < 4.78 is 34.9. The van der Waals surface area contributed by atoms with Gasteiger partial charge in [-0.25, -0.2) is 0 Å².